The summed E-state index contributed by atoms with van der Waals surface area (Å²) in [5.41, 5.74) is 9.18. The van der Waals surface area contributed by atoms with Crippen LogP contribution in [0.3, 0.4) is 0 Å². The van der Waals surface area contributed by atoms with Gasteiger partial charge < -0.3 is 5.73 Å². The van der Waals surface area contributed by atoms with Gasteiger partial charge in [0, 0.05) is 5.92 Å². The molecule has 0 atom stereocenters. The molecule has 74 valence electrons. The lowest BCUT2D eigenvalue weighted by atomic mass is 9.89. The molecule has 0 spiro atoms. The van der Waals surface area contributed by atoms with Crippen LogP contribution in [0.5, 0.6) is 0 Å². The third-order valence-electron chi connectivity index (χ3n) is 2.28. The summed E-state index contributed by atoms with van der Waals surface area (Å²) in [5, 5.41) is 0. The van der Waals surface area contributed by atoms with E-state index in [1.165, 1.54) is 6.42 Å². The molecule has 1 saturated carbocycles. The summed E-state index contributed by atoms with van der Waals surface area (Å²) in [6.07, 6.45) is 5.20. The molecule has 5 heteroatoms. The number of primary amides is 1. The van der Waals surface area contributed by atoms with Gasteiger partial charge in [0.05, 0.1) is 0 Å². The number of rotatable bonds is 1. The number of hydrogen-bond acceptors (Lipinski definition) is 2. The Hall–Kier alpha value is -1.26. The Morgan fingerprint density at radius 2 is 1.69 bits per heavy atom. The first-order chi connectivity index (χ1) is 6.20. The van der Waals surface area contributed by atoms with Gasteiger partial charge in [-0.05, 0) is 12.8 Å². The first-order valence-electron chi connectivity index (χ1n) is 4.55. The summed E-state index contributed by atoms with van der Waals surface area (Å²) >= 11 is 0. The number of urea groups is 1. The lowest BCUT2D eigenvalue weighted by Gasteiger charge is -2.20. The Morgan fingerprint density at radius 3 is 2.23 bits per heavy atom. The summed E-state index contributed by atoms with van der Waals surface area (Å²) in [5.74, 6) is -0.0842. The predicted molar refractivity (Wildman–Crippen MR) is 47.4 cm³/mol. The second-order valence-electron chi connectivity index (χ2n) is 3.31. The van der Waals surface area contributed by atoms with Crippen molar-refractivity contribution in [3.8, 4) is 0 Å². The van der Waals surface area contributed by atoms with Gasteiger partial charge in [-0.2, -0.15) is 0 Å². The lowest BCUT2D eigenvalue weighted by molar-refractivity contribution is -0.126. The zero-order chi connectivity index (χ0) is 9.68. The number of nitrogens with one attached hydrogen (secondary N) is 2. The summed E-state index contributed by atoms with van der Waals surface area (Å²) in [4.78, 5) is 21.6. The molecule has 5 nitrogen and oxygen atoms in total. The number of carbonyl (C=O) groups excluding carboxylic acids is 2. The van der Waals surface area contributed by atoms with Crippen molar-refractivity contribution in [3.05, 3.63) is 0 Å². The largest absolute Gasteiger partial charge is 0.350 e. The highest BCUT2D eigenvalue weighted by atomic mass is 16.2. The summed E-state index contributed by atoms with van der Waals surface area (Å²) in [6, 6.07) is -0.732. The fourth-order valence-electron chi connectivity index (χ4n) is 1.59. The van der Waals surface area contributed by atoms with E-state index < -0.39 is 6.03 Å². The Labute approximate surface area is 77.0 Å². The average Bonchev–Trinajstić information content (AvgIpc) is 2.15. The SMILES string of the molecule is NC(=O)NNC(=O)C1CCCCC1. The van der Waals surface area contributed by atoms with Crippen molar-refractivity contribution >= 4 is 11.9 Å². The molecule has 0 unspecified atom stereocenters. The van der Waals surface area contributed by atoms with Crippen LogP contribution in [0.25, 0.3) is 0 Å². The van der Waals surface area contributed by atoms with Crippen LogP contribution >= 0.6 is 0 Å². The summed E-state index contributed by atoms with van der Waals surface area (Å²) < 4.78 is 0. The zero-order valence-corrected chi connectivity index (χ0v) is 7.51. The third-order valence-corrected chi connectivity index (χ3v) is 2.28. The highest BCUT2D eigenvalue weighted by Gasteiger charge is 2.20. The molecule has 1 aliphatic carbocycles. The van der Waals surface area contributed by atoms with Crippen molar-refractivity contribution in [2.24, 2.45) is 11.7 Å². The Bertz CT molecular complexity index is 200. The molecule has 4 N–H and O–H groups in total. The normalized spacial score (nSPS) is 17.8. The molecular formula is C8H15N3O2. The molecule has 0 aromatic carbocycles. The van der Waals surface area contributed by atoms with Crippen LogP contribution in [-0.2, 0) is 4.79 Å². The molecule has 1 aliphatic rings. The van der Waals surface area contributed by atoms with Gasteiger partial charge in [0.15, 0.2) is 0 Å². The highest BCUT2D eigenvalue weighted by molar-refractivity contribution is 5.82. The van der Waals surface area contributed by atoms with Gasteiger partial charge in [0.25, 0.3) is 0 Å². The number of nitrogens with two attached hydrogens (primary N) is 1. The van der Waals surface area contributed by atoms with E-state index in [0.717, 1.165) is 25.7 Å². The number of amides is 3. The van der Waals surface area contributed by atoms with E-state index in [9.17, 15) is 9.59 Å². The number of carbonyl (C=O) groups is 2. The van der Waals surface area contributed by atoms with Gasteiger partial charge in [0.1, 0.15) is 0 Å². The van der Waals surface area contributed by atoms with E-state index in [1.54, 1.807) is 0 Å². The Balaban J connectivity index is 2.25. The molecule has 0 aromatic heterocycles. The van der Waals surface area contributed by atoms with Crippen LogP contribution < -0.4 is 16.6 Å². The maximum atomic E-state index is 11.3. The van der Waals surface area contributed by atoms with Crippen LogP contribution in [0, 0.1) is 5.92 Å². The van der Waals surface area contributed by atoms with Gasteiger partial charge in [0.2, 0.25) is 5.91 Å². The van der Waals surface area contributed by atoms with Crippen molar-refractivity contribution in [1.29, 1.82) is 0 Å². The standard InChI is InChI=1S/C8H15N3O2/c9-8(13)11-10-7(12)6-4-2-1-3-5-6/h6H,1-5H2,(H,10,12)(H3,9,11,13). The minimum atomic E-state index is -0.732. The first kappa shape index (κ1) is 9.83. The maximum Gasteiger partial charge on any atom is 0.330 e. The molecular weight excluding hydrogens is 170 g/mol. The summed E-state index contributed by atoms with van der Waals surface area (Å²) in [7, 11) is 0. The van der Waals surface area contributed by atoms with Gasteiger partial charge in [-0.15, -0.1) is 0 Å². The number of hydrogen-bond donors (Lipinski definition) is 3. The zero-order valence-electron chi connectivity index (χ0n) is 7.51. The molecule has 1 rings (SSSR count). The molecule has 3 amide bonds. The van der Waals surface area contributed by atoms with Gasteiger partial charge in [-0.3, -0.25) is 10.2 Å². The third kappa shape index (κ3) is 3.31. The van der Waals surface area contributed by atoms with Crippen molar-refractivity contribution in [1.82, 2.24) is 10.9 Å². The quantitative estimate of drug-likeness (QED) is 0.512. The minimum absolute atomic E-state index is 0.0422. The monoisotopic (exact) mass is 185 g/mol. The van der Waals surface area contributed by atoms with Gasteiger partial charge in [-0.25, -0.2) is 10.2 Å². The number of hydrazine groups is 1. The van der Waals surface area contributed by atoms with E-state index in [1.807, 2.05) is 0 Å². The van der Waals surface area contributed by atoms with E-state index in [4.69, 9.17) is 5.73 Å². The molecule has 0 aliphatic heterocycles. The van der Waals surface area contributed by atoms with Crippen LogP contribution in [0.1, 0.15) is 32.1 Å². The van der Waals surface area contributed by atoms with Gasteiger partial charge in [-0.1, -0.05) is 19.3 Å². The molecule has 0 heterocycles. The van der Waals surface area contributed by atoms with Crippen molar-refractivity contribution in [3.63, 3.8) is 0 Å². The first-order valence-corrected chi connectivity index (χ1v) is 4.55. The van der Waals surface area contributed by atoms with Crippen molar-refractivity contribution in [2.75, 3.05) is 0 Å². The Kier molecular flexibility index (Phi) is 3.54. The van der Waals surface area contributed by atoms with Crippen molar-refractivity contribution in [2.45, 2.75) is 32.1 Å². The fraction of sp³-hybridized carbons (Fsp3) is 0.750. The molecule has 0 aromatic rings. The second-order valence-corrected chi connectivity index (χ2v) is 3.31. The Morgan fingerprint density at radius 1 is 1.08 bits per heavy atom. The van der Waals surface area contributed by atoms with Gasteiger partial charge >= 0.3 is 6.03 Å². The minimum Gasteiger partial charge on any atom is -0.350 e. The summed E-state index contributed by atoms with van der Waals surface area (Å²) in [6.45, 7) is 0. The van der Waals surface area contributed by atoms with Crippen LogP contribution in [0.2, 0.25) is 0 Å². The van der Waals surface area contributed by atoms with E-state index in [2.05, 4.69) is 10.9 Å². The molecule has 0 bridgehead atoms. The fourth-order valence-corrected chi connectivity index (χ4v) is 1.59. The molecule has 13 heavy (non-hydrogen) atoms. The van der Waals surface area contributed by atoms with Crippen LogP contribution in [-0.4, -0.2) is 11.9 Å². The van der Waals surface area contributed by atoms with E-state index >= 15 is 0 Å². The smallest absolute Gasteiger partial charge is 0.330 e. The van der Waals surface area contributed by atoms with Crippen LogP contribution in [0.15, 0.2) is 0 Å². The maximum absolute atomic E-state index is 11.3. The highest BCUT2D eigenvalue weighted by Crippen LogP contribution is 2.23. The van der Waals surface area contributed by atoms with E-state index in [-0.39, 0.29) is 11.8 Å². The topological polar surface area (TPSA) is 84.2 Å². The van der Waals surface area contributed by atoms with Crippen LogP contribution in [0.4, 0.5) is 4.79 Å². The second kappa shape index (κ2) is 4.69. The van der Waals surface area contributed by atoms with E-state index in [0.29, 0.717) is 0 Å². The average molecular weight is 185 g/mol. The molecule has 0 radical (unpaired) electrons. The predicted octanol–water partition coefficient (Wildman–Crippen LogP) is 0.266. The van der Waals surface area contributed by atoms with Crippen molar-refractivity contribution < 1.29 is 9.59 Å². The lowest BCUT2D eigenvalue weighted by Crippen LogP contribution is -2.47. The molecule has 1 fully saturated rings. The molecule has 0 saturated heterocycles.